The molecule has 0 aliphatic heterocycles. The summed E-state index contributed by atoms with van der Waals surface area (Å²) >= 11 is 0. The molecular formula is C26H25FN4O2. The normalized spacial score (nSPS) is 10.9. The molecule has 33 heavy (non-hydrogen) atoms. The molecule has 0 bridgehead atoms. The Kier molecular flexibility index (Phi) is 6.49. The summed E-state index contributed by atoms with van der Waals surface area (Å²) in [5, 5.41) is 7.29. The summed E-state index contributed by atoms with van der Waals surface area (Å²) in [5.74, 6) is -0.0659. The van der Waals surface area contributed by atoms with Crippen molar-refractivity contribution in [1.29, 1.82) is 0 Å². The molecule has 7 heteroatoms. The molecule has 168 valence electrons. The van der Waals surface area contributed by atoms with Crippen molar-refractivity contribution in [2.75, 3.05) is 11.9 Å². The smallest absolute Gasteiger partial charge is 0.336 e. The number of aryl methyl sites for hydroxylation is 1. The van der Waals surface area contributed by atoms with E-state index in [1.54, 1.807) is 28.9 Å². The predicted octanol–water partition coefficient (Wildman–Crippen LogP) is 5.67. The molecule has 1 aromatic heterocycles. The van der Waals surface area contributed by atoms with Gasteiger partial charge in [0.2, 0.25) is 0 Å². The molecule has 0 aliphatic rings. The number of halogens is 1. The second-order valence-corrected chi connectivity index (χ2v) is 8.13. The predicted molar refractivity (Wildman–Crippen MR) is 126 cm³/mol. The van der Waals surface area contributed by atoms with E-state index in [4.69, 9.17) is 4.74 Å². The molecule has 6 nitrogen and oxygen atoms in total. The highest BCUT2D eigenvalue weighted by molar-refractivity contribution is 6.04. The van der Waals surface area contributed by atoms with Crippen LogP contribution < -0.4 is 10.1 Å². The molecule has 0 atom stereocenters. The van der Waals surface area contributed by atoms with Crippen LogP contribution >= 0.6 is 0 Å². The summed E-state index contributed by atoms with van der Waals surface area (Å²) in [4.78, 5) is 17.0. The number of amides is 1. The van der Waals surface area contributed by atoms with Gasteiger partial charge in [-0.1, -0.05) is 50.2 Å². The molecule has 1 heterocycles. The van der Waals surface area contributed by atoms with Crippen molar-refractivity contribution >= 4 is 11.6 Å². The Balaban J connectivity index is 1.63. The Labute approximate surface area is 192 Å². The Bertz CT molecular complexity index is 1270. The monoisotopic (exact) mass is 444 g/mol. The van der Waals surface area contributed by atoms with Gasteiger partial charge in [0, 0.05) is 11.3 Å². The molecule has 4 aromatic rings. The van der Waals surface area contributed by atoms with Gasteiger partial charge in [-0.3, -0.25) is 4.79 Å². The maximum absolute atomic E-state index is 13.9. The highest BCUT2D eigenvalue weighted by Gasteiger charge is 2.17. The first-order valence-electron chi connectivity index (χ1n) is 10.7. The van der Waals surface area contributed by atoms with Gasteiger partial charge >= 0.3 is 6.01 Å². The molecular weight excluding hydrogens is 419 g/mol. The Morgan fingerprint density at radius 1 is 1.03 bits per heavy atom. The number of hydrogen-bond donors (Lipinski definition) is 1. The number of ether oxygens (including phenoxy) is 1. The standard InChI is InChI=1S/C26H25FN4O2/c1-17(2)16-33-26-29-24(21-9-5-4-8-18(21)3)31(30-26)20-14-12-19(13-15-20)28-25(32)22-10-6-7-11-23(22)27/h4-15,17H,16H2,1-3H3,(H,28,32). The van der Waals surface area contributed by atoms with E-state index in [0.717, 1.165) is 16.8 Å². The maximum Gasteiger partial charge on any atom is 0.336 e. The van der Waals surface area contributed by atoms with Crippen molar-refractivity contribution in [3.63, 3.8) is 0 Å². The van der Waals surface area contributed by atoms with Crippen LogP contribution in [0, 0.1) is 18.7 Å². The molecule has 0 radical (unpaired) electrons. The lowest BCUT2D eigenvalue weighted by Crippen LogP contribution is -2.13. The van der Waals surface area contributed by atoms with E-state index in [-0.39, 0.29) is 5.56 Å². The van der Waals surface area contributed by atoms with E-state index in [0.29, 0.717) is 30.0 Å². The fraction of sp³-hybridized carbons (Fsp3) is 0.192. The van der Waals surface area contributed by atoms with E-state index < -0.39 is 11.7 Å². The van der Waals surface area contributed by atoms with Gasteiger partial charge in [-0.15, -0.1) is 5.10 Å². The average molecular weight is 445 g/mol. The zero-order valence-electron chi connectivity index (χ0n) is 18.7. The number of anilines is 1. The first-order chi connectivity index (χ1) is 15.9. The summed E-state index contributed by atoms with van der Waals surface area (Å²) in [5.41, 5.74) is 3.30. The first kappa shape index (κ1) is 22.2. The number of carbonyl (C=O) groups is 1. The quantitative estimate of drug-likeness (QED) is 0.399. The van der Waals surface area contributed by atoms with E-state index in [1.165, 1.54) is 12.1 Å². The number of nitrogens with one attached hydrogen (secondary N) is 1. The van der Waals surface area contributed by atoms with Gasteiger partial charge in [0.05, 0.1) is 17.9 Å². The van der Waals surface area contributed by atoms with Crippen LogP contribution in [0.5, 0.6) is 6.01 Å². The van der Waals surface area contributed by atoms with Crippen molar-refractivity contribution < 1.29 is 13.9 Å². The van der Waals surface area contributed by atoms with Crippen LogP contribution in [0.15, 0.2) is 72.8 Å². The Morgan fingerprint density at radius 2 is 1.73 bits per heavy atom. The van der Waals surface area contributed by atoms with Gasteiger partial charge in [0.1, 0.15) is 5.82 Å². The van der Waals surface area contributed by atoms with Crippen LogP contribution in [0.1, 0.15) is 29.8 Å². The third-order valence-corrected chi connectivity index (χ3v) is 5.01. The van der Waals surface area contributed by atoms with Crippen LogP contribution in [-0.2, 0) is 0 Å². The molecule has 0 saturated heterocycles. The van der Waals surface area contributed by atoms with Gasteiger partial charge in [0.25, 0.3) is 5.91 Å². The summed E-state index contributed by atoms with van der Waals surface area (Å²) in [7, 11) is 0. The Hall–Kier alpha value is -4.00. The van der Waals surface area contributed by atoms with Gasteiger partial charge < -0.3 is 10.1 Å². The van der Waals surface area contributed by atoms with Crippen LogP contribution in [-0.4, -0.2) is 27.3 Å². The first-order valence-corrected chi connectivity index (χ1v) is 10.7. The second-order valence-electron chi connectivity index (χ2n) is 8.13. The fourth-order valence-electron chi connectivity index (χ4n) is 3.30. The van der Waals surface area contributed by atoms with Gasteiger partial charge in [0.15, 0.2) is 5.82 Å². The van der Waals surface area contributed by atoms with Crippen molar-refractivity contribution in [3.05, 3.63) is 89.7 Å². The number of aromatic nitrogens is 3. The van der Waals surface area contributed by atoms with Gasteiger partial charge in [-0.2, -0.15) is 4.98 Å². The minimum Gasteiger partial charge on any atom is -0.462 e. The maximum atomic E-state index is 13.9. The topological polar surface area (TPSA) is 69.0 Å². The molecule has 0 fully saturated rings. The molecule has 4 rings (SSSR count). The summed E-state index contributed by atoms with van der Waals surface area (Å²) in [6.45, 7) is 6.66. The number of rotatable bonds is 7. The SMILES string of the molecule is Cc1ccccc1-c1nc(OCC(C)C)nn1-c1ccc(NC(=O)c2ccccc2F)cc1. The number of nitrogens with zero attached hydrogens (tertiary/aromatic N) is 3. The zero-order chi connectivity index (χ0) is 23.4. The third-order valence-electron chi connectivity index (χ3n) is 5.01. The minimum absolute atomic E-state index is 0.00775. The molecule has 0 saturated carbocycles. The molecule has 1 N–H and O–H groups in total. The van der Waals surface area contributed by atoms with Crippen LogP contribution in [0.3, 0.4) is 0 Å². The van der Waals surface area contributed by atoms with E-state index in [1.807, 2.05) is 43.3 Å². The van der Waals surface area contributed by atoms with Crippen LogP contribution in [0.4, 0.5) is 10.1 Å². The lowest BCUT2D eigenvalue weighted by Gasteiger charge is -2.10. The van der Waals surface area contributed by atoms with Crippen molar-refractivity contribution in [2.45, 2.75) is 20.8 Å². The molecule has 0 aliphatic carbocycles. The highest BCUT2D eigenvalue weighted by atomic mass is 19.1. The van der Waals surface area contributed by atoms with E-state index in [9.17, 15) is 9.18 Å². The Morgan fingerprint density at radius 3 is 2.42 bits per heavy atom. The second kappa shape index (κ2) is 9.65. The van der Waals surface area contributed by atoms with Gasteiger partial charge in [-0.05, 0) is 54.8 Å². The third kappa shape index (κ3) is 5.09. The summed E-state index contributed by atoms with van der Waals surface area (Å²) in [6.07, 6.45) is 0. The van der Waals surface area contributed by atoms with Crippen LogP contribution in [0.25, 0.3) is 17.1 Å². The van der Waals surface area contributed by atoms with Crippen molar-refractivity contribution in [3.8, 4) is 23.1 Å². The fourth-order valence-corrected chi connectivity index (χ4v) is 3.30. The highest BCUT2D eigenvalue weighted by Crippen LogP contribution is 2.27. The van der Waals surface area contributed by atoms with Crippen molar-refractivity contribution in [2.24, 2.45) is 5.92 Å². The molecule has 0 unspecified atom stereocenters. The van der Waals surface area contributed by atoms with E-state index in [2.05, 4.69) is 29.2 Å². The van der Waals surface area contributed by atoms with E-state index >= 15 is 0 Å². The molecule has 0 spiro atoms. The molecule has 3 aromatic carbocycles. The largest absolute Gasteiger partial charge is 0.462 e. The van der Waals surface area contributed by atoms with Gasteiger partial charge in [-0.25, -0.2) is 9.07 Å². The summed E-state index contributed by atoms with van der Waals surface area (Å²) in [6, 6.07) is 21.2. The summed E-state index contributed by atoms with van der Waals surface area (Å²) < 4.78 is 21.4. The lowest BCUT2D eigenvalue weighted by atomic mass is 10.1. The number of benzene rings is 3. The number of carbonyl (C=O) groups excluding carboxylic acids is 1. The number of hydrogen-bond acceptors (Lipinski definition) is 4. The average Bonchev–Trinajstić information content (AvgIpc) is 3.23. The molecule has 1 amide bonds. The lowest BCUT2D eigenvalue weighted by molar-refractivity contribution is 0.102. The van der Waals surface area contributed by atoms with Crippen molar-refractivity contribution in [1.82, 2.24) is 14.8 Å². The zero-order valence-corrected chi connectivity index (χ0v) is 18.7. The minimum atomic E-state index is -0.564. The van der Waals surface area contributed by atoms with Crippen LogP contribution in [0.2, 0.25) is 0 Å².